The number of ether oxygens (including phenoxy) is 1. The zero-order chi connectivity index (χ0) is 20.2. The molecule has 0 radical (unpaired) electrons. The first-order valence-electron chi connectivity index (χ1n) is 9.03. The lowest BCUT2D eigenvalue weighted by molar-refractivity contribution is -0.116. The Morgan fingerprint density at radius 3 is 2.69 bits per heavy atom. The quantitative estimate of drug-likeness (QED) is 0.511. The Labute approximate surface area is 172 Å². The van der Waals surface area contributed by atoms with Crippen molar-refractivity contribution in [3.8, 4) is 11.8 Å². The van der Waals surface area contributed by atoms with Crippen LogP contribution in [0.5, 0.6) is 5.75 Å². The number of benzene rings is 2. The molecule has 2 aromatic heterocycles. The van der Waals surface area contributed by atoms with Crippen LogP contribution in [0.25, 0.3) is 10.2 Å². The molecule has 0 saturated heterocycles. The Morgan fingerprint density at radius 1 is 1.24 bits per heavy atom. The topological polar surface area (TPSA) is 79.9 Å². The second-order valence-corrected chi connectivity index (χ2v) is 7.52. The second kappa shape index (κ2) is 8.17. The summed E-state index contributed by atoms with van der Waals surface area (Å²) in [4.78, 5) is 17.2. The van der Waals surface area contributed by atoms with E-state index in [1.165, 1.54) is 11.3 Å². The summed E-state index contributed by atoms with van der Waals surface area (Å²) in [5.74, 6) is 0.648. The number of nitrogens with zero attached hydrogens (tertiary/aromatic N) is 3. The molecule has 7 heteroatoms. The smallest absolute Gasteiger partial charge is 0.228 e. The molecule has 1 unspecified atom stereocenters. The van der Waals surface area contributed by atoms with Gasteiger partial charge in [0.2, 0.25) is 5.91 Å². The molecule has 144 valence electrons. The summed E-state index contributed by atoms with van der Waals surface area (Å²) >= 11 is 1.36. The van der Waals surface area contributed by atoms with Crippen LogP contribution in [0.4, 0.5) is 5.13 Å². The standard InChI is InChI=1S/C22H18N4O2S/c1-28-17-7-5-16(6-8-17)19(26-10-2-3-11-26)13-21(27)25-22-24-18-9-4-15(14-23)12-20(18)29-22/h2-12,19H,13H2,1H3,(H,24,25,27). The number of nitriles is 1. The summed E-state index contributed by atoms with van der Waals surface area (Å²) in [5.41, 5.74) is 2.35. The maximum Gasteiger partial charge on any atom is 0.228 e. The first-order valence-corrected chi connectivity index (χ1v) is 9.85. The molecule has 1 atom stereocenters. The molecule has 2 heterocycles. The highest BCUT2D eigenvalue weighted by molar-refractivity contribution is 7.22. The Bertz CT molecular complexity index is 1170. The first kappa shape index (κ1) is 18.7. The number of nitrogens with one attached hydrogen (secondary N) is 1. The SMILES string of the molecule is COc1ccc(C(CC(=O)Nc2nc3ccc(C#N)cc3s2)n2cccc2)cc1. The van der Waals surface area contributed by atoms with E-state index in [4.69, 9.17) is 10.00 Å². The zero-order valence-corrected chi connectivity index (χ0v) is 16.5. The van der Waals surface area contributed by atoms with Gasteiger partial charge in [-0.15, -0.1) is 0 Å². The number of amides is 1. The van der Waals surface area contributed by atoms with Crippen LogP contribution in [0.1, 0.15) is 23.6 Å². The molecule has 0 saturated carbocycles. The van der Waals surface area contributed by atoms with E-state index in [2.05, 4.69) is 16.4 Å². The fourth-order valence-electron chi connectivity index (χ4n) is 3.17. The van der Waals surface area contributed by atoms with Gasteiger partial charge in [0.15, 0.2) is 5.13 Å². The molecule has 0 bridgehead atoms. The molecule has 1 N–H and O–H groups in total. The molecule has 0 fully saturated rings. The minimum Gasteiger partial charge on any atom is -0.497 e. The first-order chi connectivity index (χ1) is 14.2. The van der Waals surface area contributed by atoms with Crippen molar-refractivity contribution in [3.63, 3.8) is 0 Å². The van der Waals surface area contributed by atoms with E-state index in [0.29, 0.717) is 10.7 Å². The van der Waals surface area contributed by atoms with Crippen LogP contribution < -0.4 is 10.1 Å². The van der Waals surface area contributed by atoms with E-state index in [1.807, 2.05) is 53.4 Å². The number of carbonyl (C=O) groups is 1. The third-order valence-electron chi connectivity index (χ3n) is 4.63. The summed E-state index contributed by atoms with van der Waals surface area (Å²) in [6.45, 7) is 0. The van der Waals surface area contributed by atoms with Crippen molar-refractivity contribution in [2.45, 2.75) is 12.5 Å². The van der Waals surface area contributed by atoms with Gasteiger partial charge in [0.05, 0.1) is 41.4 Å². The highest BCUT2D eigenvalue weighted by atomic mass is 32.1. The fraction of sp³-hybridized carbons (Fsp3) is 0.136. The molecule has 2 aromatic carbocycles. The summed E-state index contributed by atoms with van der Waals surface area (Å²) in [6, 6.07) is 18.9. The van der Waals surface area contributed by atoms with Gasteiger partial charge in [-0.2, -0.15) is 5.26 Å². The monoisotopic (exact) mass is 402 g/mol. The van der Waals surface area contributed by atoms with Crippen molar-refractivity contribution in [1.29, 1.82) is 5.26 Å². The number of hydrogen-bond donors (Lipinski definition) is 1. The van der Waals surface area contributed by atoms with Gasteiger partial charge < -0.3 is 14.6 Å². The molecular weight excluding hydrogens is 384 g/mol. The molecule has 0 spiro atoms. The van der Waals surface area contributed by atoms with E-state index >= 15 is 0 Å². The minimum atomic E-state index is -0.143. The lowest BCUT2D eigenvalue weighted by atomic mass is 10.0. The summed E-state index contributed by atoms with van der Waals surface area (Å²) in [5, 5.41) is 12.5. The summed E-state index contributed by atoms with van der Waals surface area (Å²) in [7, 11) is 1.63. The van der Waals surface area contributed by atoms with Crippen LogP contribution in [-0.4, -0.2) is 22.6 Å². The fourth-order valence-corrected chi connectivity index (χ4v) is 4.09. The summed E-state index contributed by atoms with van der Waals surface area (Å²) < 4.78 is 8.12. The number of fused-ring (bicyclic) bond motifs is 1. The Hall–Kier alpha value is -3.63. The van der Waals surface area contributed by atoms with Crippen molar-refractivity contribution < 1.29 is 9.53 Å². The number of thiazole rings is 1. The van der Waals surface area contributed by atoms with Gasteiger partial charge in [0.25, 0.3) is 0 Å². The van der Waals surface area contributed by atoms with Crippen LogP contribution in [0.3, 0.4) is 0 Å². The van der Waals surface area contributed by atoms with Crippen LogP contribution >= 0.6 is 11.3 Å². The molecular formula is C22H18N4O2S. The highest BCUT2D eigenvalue weighted by Crippen LogP contribution is 2.29. The lowest BCUT2D eigenvalue weighted by Gasteiger charge is -2.19. The average Bonchev–Trinajstić information content (AvgIpc) is 3.41. The lowest BCUT2D eigenvalue weighted by Crippen LogP contribution is -2.19. The second-order valence-electron chi connectivity index (χ2n) is 6.48. The third-order valence-corrected chi connectivity index (χ3v) is 5.56. The van der Waals surface area contributed by atoms with E-state index in [0.717, 1.165) is 21.5 Å². The molecule has 6 nitrogen and oxygen atoms in total. The number of methoxy groups -OCH3 is 1. The minimum absolute atomic E-state index is 0.126. The van der Waals surface area contributed by atoms with Gasteiger partial charge in [-0.3, -0.25) is 4.79 Å². The number of hydrogen-bond acceptors (Lipinski definition) is 5. The van der Waals surface area contributed by atoms with Crippen LogP contribution in [0.15, 0.2) is 67.0 Å². The van der Waals surface area contributed by atoms with E-state index < -0.39 is 0 Å². The van der Waals surface area contributed by atoms with Gasteiger partial charge in [0.1, 0.15) is 5.75 Å². The third kappa shape index (κ3) is 4.13. The normalized spacial score (nSPS) is 11.7. The van der Waals surface area contributed by atoms with E-state index in [-0.39, 0.29) is 18.4 Å². The highest BCUT2D eigenvalue weighted by Gasteiger charge is 2.19. The van der Waals surface area contributed by atoms with Gasteiger partial charge >= 0.3 is 0 Å². The van der Waals surface area contributed by atoms with Crippen molar-refractivity contribution in [2.24, 2.45) is 0 Å². The van der Waals surface area contributed by atoms with Gasteiger partial charge in [-0.25, -0.2) is 4.98 Å². The maximum absolute atomic E-state index is 12.8. The van der Waals surface area contributed by atoms with Gasteiger partial charge in [-0.05, 0) is 48.0 Å². The predicted molar refractivity (Wildman–Crippen MR) is 113 cm³/mol. The van der Waals surface area contributed by atoms with Crippen LogP contribution in [0, 0.1) is 11.3 Å². The molecule has 29 heavy (non-hydrogen) atoms. The van der Waals surface area contributed by atoms with Crippen molar-refractivity contribution in [2.75, 3.05) is 12.4 Å². The van der Waals surface area contributed by atoms with Crippen molar-refractivity contribution in [1.82, 2.24) is 9.55 Å². The van der Waals surface area contributed by atoms with E-state index in [1.54, 1.807) is 25.3 Å². The molecule has 4 aromatic rings. The largest absolute Gasteiger partial charge is 0.497 e. The number of rotatable bonds is 6. The van der Waals surface area contributed by atoms with E-state index in [9.17, 15) is 4.79 Å². The number of carbonyl (C=O) groups excluding carboxylic acids is 1. The number of anilines is 1. The number of aromatic nitrogens is 2. The molecule has 0 aliphatic rings. The molecule has 1 amide bonds. The Kier molecular flexibility index (Phi) is 5.27. The van der Waals surface area contributed by atoms with Crippen LogP contribution in [0.2, 0.25) is 0 Å². The predicted octanol–water partition coefficient (Wildman–Crippen LogP) is 4.60. The molecule has 0 aliphatic heterocycles. The molecule has 0 aliphatic carbocycles. The van der Waals surface area contributed by atoms with Gasteiger partial charge in [-0.1, -0.05) is 23.5 Å². The zero-order valence-electron chi connectivity index (χ0n) is 15.7. The van der Waals surface area contributed by atoms with Crippen molar-refractivity contribution >= 4 is 32.6 Å². The Morgan fingerprint density at radius 2 is 2.00 bits per heavy atom. The average molecular weight is 402 g/mol. The summed E-state index contributed by atoms with van der Waals surface area (Å²) in [6.07, 6.45) is 4.16. The van der Waals surface area contributed by atoms with Crippen LogP contribution in [-0.2, 0) is 4.79 Å². The maximum atomic E-state index is 12.8. The van der Waals surface area contributed by atoms with Crippen molar-refractivity contribution in [3.05, 3.63) is 78.1 Å². The van der Waals surface area contributed by atoms with Gasteiger partial charge in [0, 0.05) is 12.4 Å². The Balaban J connectivity index is 1.54. The molecule has 4 rings (SSSR count).